The van der Waals surface area contributed by atoms with Crippen LogP contribution >= 0.6 is 23.1 Å². The van der Waals surface area contributed by atoms with Crippen LogP contribution in [-0.4, -0.2) is 34.6 Å². The smallest absolute Gasteiger partial charge is 0.272 e. The quantitative estimate of drug-likeness (QED) is 0.0906. The molecular formula is C38H36N4O4S2. The molecule has 5 rings (SSSR count). The number of carbonyl (C=O) groups is 3. The van der Waals surface area contributed by atoms with E-state index in [2.05, 4.69) is 20.9 Å². The SMILES string of the molecule is CCOc1ccc(/C=C(\NC(=O)c2ccccc2)C(=O)Nc2ccc(SC(C)C(=O)Nc3nc(-c4ccc(C)cc4)c(C)s3)cc2)cc1. The normalized spacial score (nSPS) is 11.8. The summed E-state index contributed by atoms with van der Waals surface area (Å²) in [7, 11) is 0. The van der Waals surface area contributed by atoms with Gasteiger partial charge in [0.2, 0.25) is 5.91 Å². The maximum absolute atomic E-state index is 13.4. The van der Waals surface area contributed by atoms with E-state index < -0.39 is 17.1 Å². The van der Waals surface area contributed by atoms with Gasteiger partial charge in [-0.05, 0) is 87.9 Å². The van der Waals surface area contributed by atoms with Gasteiger partial charge in [-0.2, -0.15) is 0 Å². The standard InChI is InChI=1S/C38H36N4O4S2/c1-5-46-31-19-13-27(14-20-31)23-33(40-36(44)29-9-7-6-8-10-29)37(45)39-30-17-21-32(22-18-30)47-26(4)35(43)42-38-41-34(25(3)48-38)28-15-11-24(2)12-16-28/h6-23,26H,5H2,1-4H3,(H,39,45)(H,40,44)(H,41,42,43)/b33-23-. The number of aryl methyl sites for hydroxylation is 2. The van der Waals surface area contributed by atoms with Crippen molar-refractivity contribution in [2.45, 2.75) is 37.8 Å². The highest BCUT2D eigenvalue weighted by Gasteiger charge is 2.19. The Morgan fingerprint density at radius 1 is 0.875 bits per heavy atom. The van der Waals surface area contributed by atoms with Gasteiger partial charge in [-0.25, -0.2) is 4.98 Å². The Morgan fingerprint density at radius 3 is 2.23 bits per heavy atom. The molecule has 0 radical (unpaired) electrons. The van der Waals surface area contributed by atoms with Gasteiger partial charge < -0.3 is 20.7 Å². The van der Waals surface area contributed by atoms with Crippen LogP contribution in [-0.2, 0) is 9.59 Å². The van der Waals surface area contributed by atoms with Gasteiger partial charge in [-0.15, -0.1) is 23.1 Å². The second-order valence-corrected chi connectivity index (χ2v) is 13.5. The minimum atomic E-state index is -0.481. The summed E-state index contributed by atoms with van der Waals surface area (Å²) in [5, 5.41) is 8.74. The summed E-state index contributed by atoms with van der Waals surface area (Å²) in [5.41, 5.74) is 4.83. The molecule has 4 aromatic carbocycles. The lowest BCUT2D eigenvalue weighted by atomic mass is 10.1. The molecule has 1 unspecified atom stereocenters. The van der Waals surface area contributed by atoms with Gasteiger partial charge in [0.15, 0.2) is 5.13 Å². The van der Waals surface area contributed by atoms with Crippen LogP contribution in [0.3, 0.4) is 0 Å². The number of benzene rings is 4. The number of hydrogen-bond donors (Lipinski definition) is 3. The van der Waals surface area contributed by atoms with Crippen LogP contribution in [0.15, 0.2) is 114 Å². The van der Waals surface area contributed by atoms with Crippen LogP contribution in [0.5, 0.6) is 5.75 Å². The number of thiazole rings is 1. The maximum Gasteiger partial charge on any atom is 0.272 e. The Balaban J connectivity index is 1.22. The molecule has 0 fully saturated rings. The monoisotopic (exact) mass is 676 g/mol. The number of nitrogens with zero attached hydrogens (tertiary/aromatic N) is 1. The lowest BCUT2D eigenvalue weighted by molar-refractivity contribution is -0.115. The number of ether oxygens (including phenoxy) is 1. The summed E-state index contributed by atoms with van der Waals surface area (Å²) in [6.07, 6.45) is 1.62. The number of anilines is 2. The van der Waals surface area contributed by atoms with E-state index in [1.807, 2.05) is 94.4 Å². The topological polar surface area (TPSA) is 109 Å². The Labute approximate surface area is 288 Å². The highest BCUT2D eigenvalue weighted by molar-refractivity contribution is 8.00. The lowest BCUT2D eigenvalue weighted by Gasteiger charge is -2.13. The zero-order valence-corrected chi connectivity index (χ0v) is 28.7. The van der Waals surface area contributed by atoms with E-state index in [1.165, 1.54) is 28.7 Å². The van der Waals surface area contributed by atoms with Gasteiger partial charge in [-0.1, -0.05) is 60.2 Å². The predicted octanol–water partition coefficient (Wildman–Crippen LogP) is 8.35. The molecule has 244 valence electrons. The number of carbonyl (C=O) groups excluding carboxylic acids is 3. The molecule has 1 atom stereocenters. The summed E-state index contributed by atoms with van der Waals surface area (Å²) in [5.74, 6) is -0.324. The third-order valence-electron chi connectivity index (χ3n) is 7.18. The molecular weight excluding hydrogens is 641 g/mol. The summed E-state index contributed by atoms with van der Waals surface area (Å²) in [6.45, 7) is 8.33. The Morgan fingerprint density at radius 2 is 1.56 bits per heavy atom. The van der Waals surface area contributed by atoms with Crippen molar-refractivity contribution >= 4 is 57.7 Å². The van der Waals surface area contributed by atoms with Gasteiger partial charge in [0.25, 0.3) is 11.8 Å². The summed E-state index contributed by atoms with van der Waals surface area (Å²) < 4.78 is 5.52. The van der Waals surface area contributed by atoms with E-state index in [4.69, 9.17) is 4.74 Å². The van der Waals surface area contributed by atoms with Crippen LogP contribution in [0.2, 0.25) is 0 Å². The van der Waals surface area contributed by atoms with Crippen LogP contribution < -0.4 is 20.7 Å². The first-order chi connectivity index (χ1) is 23.2. The molecule has 0 saturated heterocycles. The highest BCUT2D eigenvalue weighted by Crippen LogP contribution is 2.32. The van der Waals surface area contributed by atoms with E-state index in [0.29, 0.717) is 28.7 Å². The van der Waals surface area contributed by atoms with Crippen molar-refractivity contribution in [2.75, 3.05) is 17.2 Å². The number of thioether (sulfide) groups is 1. The van der Waals surface area contributed by atoms with Crippen LogP contribution in [0.4, 0.5) is 10.8 Å². The van der Waals surface area contributed by atoms with Crippen molar-refractivity contribution in [3.63, 3.8) is 0 Å². The van der Waals surface area contributed by atoms with E-state index in [-0.39, 0.29) is 11.6 Å². The van der Waals surface area contributed by atoms with Crippen molar-refractivity contribution in [3.8, 4) is 17.0 Å². The molecule has 0 bridgehead atoms. The van der Waals surface area contributed by atoms with Gasteiger partial charge in [-0.3, -0.25) is 14.4 Å². The van der Waals surface area contributed by atoms with Crippen molar-refractivity contribution < 1.29 is 19.1 Å². The number of aromatic nitrogens is 1. The molecule has 1 aromatic heterocycles. The van der Waals surface area contributed by atoms with Crippen LogP contribution in [0.25, 0.3) is 17.3 Å². The molecule has 1 heterocycles. The van der Waals surface area contributed by atoms with Crippen molar-refractivity contribution in [2.24, 2.45) is 0 Å². The average molecular weight is 677 g/mol. The summed E-state index contributed by atoms with van der Waals surface area (Å²) in [4.78, 5) is 46.0. The van der Waals surface area contributed by atoms with E-state index in [1.54, 1.807) is 42.5 Å². The summed E-state index contributed by atoms with van der Waals surface area (Å²) in [6, 6.07) is 31.3. The molecule has 10 heteroatoms. The molecule has 3 N–H and O–H groups in total. The Bertz CT molecular complexity index is 1900. The maximum atomic E-state index is 13.4. The van der Waals surface area contributed by atoms with Crippen LogP contribution in [0.1, 0.15) is 40.2 Å². The van der Waals surface area contributed by atoms with Gasteiger partial charge >= 0.3 is 0 Å². The molecule has 48 heavy (non-hydrogen) atoms. The molecule has 0 aliphatic carbocycles. The summed E-state index contributed by atoms with van der Waals surface area (Å²) >= 11 is 2.85. The first-order valence-electron chi connectivity index (χ1n) is 15.4. The Kier molecular flexibility index (Phi) is 11.4. The predicted molar refractivity (Wildman–Crippen MR) is 196 cm³/mol. The number of amides is 3. The zero-order valence-electron chi connectivity index (χ0n) is 27.1. The average Bonchev–Trinajstić information content (AvgIpc) is 3.46. The van der Waals surface area contributed by atoms with Crippen molar-refractivity contribution in [1.29, 1.82) is 0 Å². The molecule has 3 amide bonds. The number of hydrogen-bond acceptors (Lipinski definition) is 7. The molecule has 0 aliphatic rings. The number of nitrogens with one attached hydrogen (secondary N) is 3. The van der Waals surface area contributed by atoms with E-state index in [0.717, 1.165) is 26.6 Å². The third-order valence-corrected chi connectivity index (χ3v) is 9.18. The molecule has 8 nitrogen and oxygen atoms in total. The second-order valence-electron chi connectivity index (χ2n) is 10.9. The minimum Gasteiger partial charge on any atom is -0.494 e. The molecule has 0 saturated carbocycles. The number of rotatable bonds is 12. The fraction of sp³-hybridized carbons (Fsp3) is 0.158. The first kappa shape index (κ1) is 34.2. The Hall–Kier alpha value is -5.19. The highest BCUT2D eigenvalue weighted by atomic mass is 32.2. The van der Waals surface area contributed by atoms with E-state index in [9.17, 15) is 14.4 Å². The van der Waals surface area contributed by atoms with Gasteiger partial charge in [0, 0.05) is 26.6 Å². The second kappa shape index (κ2) is 16.1. The fourth-order valence-electron chi connectivity index (χ4n) is 4.65. The fourth-order valence-corrected chi connectivity index (χ4v) is 6.35. The molecule has 0 spiro atoms. The third kappa shape index (κ3) is 9.21. The lowest BCUT2D eigenvalue weighted by Crippen LogP contribution is -2.30. The van der Waals surface area contributed by atoms with Crippen molar-refractivity contribution in [1.82, 2.24) is 10.3 Å². The zero-order chi connectivity index (χ0) is 34.0. The molecule has 0 aliphatic heterocycles. The van der Waals surface area contributed by atoms with E-state index >= 15 is 0 Å². The van der Waals surface area contributed by atoms with Gasteiger partial charge in [0.1, 0.15) is 11.4 Å². The van der Waals surface area contributed by atoms with Crippen molar-refractivity contribution in [3.05, 3.63) is 130 Å². The largest absolute Gasteiger partial charge is 0.494 e. The van der Waals surface area contributed by atoms with Gasteiger partial charge in [0.05, 0.1) is 17.6 Å². The molecule has 5 aromatic rings. The van der Waals surface area contributed by atoms with Crippen LogP contribution in [0, 0.1) is 13.8 Å². The minimum absolute atomic E-state index is 0.0831. The first-order valence-corrected chi connectivity index (χ1v) is 17.1.